The van der Waals surface area contributed by atoms with Gasteiger partial charge in [-0.3, -0.25) is 9.59 Å². The van der Waals surface area contributed by atoms with E-state index in [0.29, 0.717) is 43.9 Å². The third-order valence-electron chi connectivity index (χ3n) is 5.02. The second-order valence-corrected chi connectivity index (χ2v) is 7.25. The Balaban J connectivity index is 1.46. The Kier molecular flexibility index (Phi) is 7.27. The first-order valence-electron chi connectivity index (χ1n) is 10.2. The fraction of sp³-hybridized carbons (Fsp3) is 0.391. The summed E-state index contributed by atoms with van der Waals surface area (Å²) < 4.78 is 24.2. The molecule has 3 rings (SSSR count). The summed E-state index contributed by atoms with van der Waals surface area (Å²) >= 11 is 0. The van der Waals surface area contributed by atoms with Gasteiger partial charge in [0.05, 0.1) is 6.61 Å². The Bertz CT molecular complexity index is 864. The number of hydrogen-bond acceptors (Lipinski definition) is 4. The number of likely N-dealkylation sites (tertiary alicyclic amines) is 1. The van der Waals surface area contributed by atoms with Crippen LogP contribution in [0.2, 0.25) is 0 Å². The lowest BCUT2D eigenvalue weighted by Crippen LogP contribution is -2.49. The minimum atomic E-state index is -0.740. The third kappa shape index (κ3) is 5.72. The molecule has 0 saturated carbocycles. The second-order valence-electron chi connectivity index (χ2n) is 7.25. The lowest BCUT2D eigenvalue weighted by atomic mass is 10.0. The van der Waals surface area contributed by atoms with Crippen LogP contribution < -0.4 is 14.8 Å². The van der Waals surface area contributed by atoms with Gasteiger partial charge in [0.1, 0.15) is 17.3 Å². The first-order chi connectivity index (χ1) is 14.5. The molecule has 7 heteroatoms. The van der Waals surface area contributed by atoms with Gasteiger partial charge in [0, 0.05) is 30.8 Å². The smallest absolute Gasteiger partial charge is 0.260 e. The molecule has 2 aromatic carbocycles. The molecule has 0 aromatic heterocycles. The van der Waals surface area contributed by atoms with Crippen molar-refractivity contribution in [3.05, 3.63) is 59.9 Å². The minimum absolute atomic E-state index is 0.0226. The van der Waals surface area contributed by atoms with E-state index < -0.39 is 11.9 Å². The van der Waals surface area contributed by atoms with Crippen molar-refractivity contribution in [3.8, 4) is 11.5 Å². The highest BCUT2D eigenvalue weighted by Crippen LogP contribution is 2.18. The number of piperidine rings is 1. The molecule has 1 unspecified atom stereocenters. The average molecular weight is 414 g/mol. The van der Waals surface area contributed by atoms with Crippen molar-refractivity contribution in [1.29, 1.82) is 0 Å². The number of hydrogen-bond donors (Lipinski definition) is 1. The van der Waals surface area contributed by atoms with E-state index in [1.807, 2.05) is 6.92 Å². The van der Waals surface area contributed by atoms with Gasteiger partial charge in [0.15, 0.2) is 6.10 Å². The summed E-state index contributed by atoms with van der Waals surface area (Å²) in [5.74, 6) is 0.365. The molecule has 1 aliphatic heterocycles. The van der Waals surface area contributed by atoms with Crippen LogP contribution in [0, 0.1) is 5.82 Å². The monoisotopic (exact) mass is 414 g/mol. The van der Waals surface area contributed by atoms with Gasteiger partial charge in [-0.15, -0.1) is 0 Å². The molecule has 1 fully saturated rings. The van der Waals surface area contributed by atoms with E-state index in [1.165, 1.54) is 18.2 Å². The molecule has 1 atom stereocenters. The highest BCUT2D eigenvalue weighted by atomic mass is 19.1. The van der Waals surface area contributed by atoms with Gasteiger partial charge in [-0.2, -0.15) is 0 Å². The molecule has 2 amide bonds. The van der Waals surface area contributed by atoms with Gasteiger partial charge in [-0.05, 0) is 63.1 Å². The predicted octanol–water partition coefficient (Wildman–Crippen LogP) is 3.41. The lowest BCUT2D eigenvalue weighted by molar-refractivity contribution is -0.128. The lowest BCUT2D eigenvalue weighted by Gasteiger charge is -2.33. The number of ether oxygens (including phenoxy) is 2. The number of carbonyl (C=O) groups is 2. The van der Waals surface area contributed by atoms with E-state index in [2.05, 4.69) is 5.32 Å². The summed E-state index contributed by atoms with van der Waals surface area (Å²) in [5.41, 5.74) is 0.623. The standard InChI is InChI=1S/C23H27FN2O4/c1-3-29-20-9-7-17(8-10-20)23(28)26-13-11-19(12-14-26)25-22(27)16(2)30-21-6-4-5-18(24)15-21/h4-10,15-16,19H,3,11-14H2,1-2H3,(H,25,27). The van der Waals surface area contributed by atoms with Crippen LogP contribution in [0.25, 0.3) is 0 Å². The van der Waals surface area contributed by atoms with Crippen LogP contribution in [0.4, 0.5) is 4.39 Å². The average Bonchev–Trinajstić information content (AvgIpc) is 2.74. The van der Waals surface area contributed by atoms with Gasteiger partial charge in [-0.1, -0.05) is 6.07 Å². The van der Waals surface area contributed by atoms with Crippen LogP contribution in [-0.2, 0) is 4.79 Å². The first kappa shape index (κ1) is 21.6. The maximum Gasteiger partial charge on any atom is 0.260 e. The topological polar surface area (TPSA) is 67.9 Å². The van der Waals surface area contributed by atoms with Gasteiger partial charge >= 0.3 is 0 Å². The van der Waals surface area contributed by atoms with Crippen molar-refractivity contribution >= 4 is 11.8 Å². The van der Waals surface area contributed by atoms with Gasteiger partial charge in [-0.25, -0.2) is 4.39 Å². The molecule has 0 bridgehead atoms. The maximum atomic E-state index is 13.3. The molecular weight excluding hydrogens is 387 g/mol. The number of rotatable bonds is 7. The van der Waals surface area contributed by atoms with Crippen LogP contribution in [0.5, 0.6) is 11.5 Å². The molecule has 1 heterocycles. The van der Waals surface area contributed by atoms with Crippen LogP contribution in [-0.4, -0.2) is 48.6 Å². The summed E-state index contributed by atoms with van der Waals surface area (Å²) in [6.07, 6.45) is 0.595. The van der Waals surface area contributed by atoms with Crippen LogP contribution in [0.3, 0.4) is 0 Å². The van der Waals surface area contributed by atoms with Gasteiger partial charge in [0.2, 0.25) is 0 Å². The molecular formula is C23H27FN2O4. The summed E-state index contributed by atoms with van der Waals surface area (Å²) in [6.45, 7) is 5.26. The van der Waals surface area contributed by atoms with Crippen molar-refractivity contribution in [2.75, 3.05) is 19.7 Å². The number of benzene rings is 2. The molecule has 0 aliphatic carbocycles. The number of carbonyl (C=O) groups excluding carboxylic acids is 2. The summed E-state index contributed by atoms with van der Waals surface area (Å²) in [6, 6.07) is 12.8. The van der Waals surface area contributed by atoms with Crippen molar-refractivity contribution in [2.24, 2.45) is 0 Å². The normalized spacial score (nSPS) is 15.4. The zero-order valence-corrected chi connectivity index (χ0v) is 17.3. The Morgan fingerprint density at radius 1 is 1.13 bits per heavy atom. The highest BCUT2D eigenvalue weighted by Gasteiger charge is 2.26. The second kappa shape index (κ2) is 10.1. The fourth-order valence-electron chi connectivity index (χ4n) is 3.39. The Morgan fingerprint density at radius 2 is 1.83 bits per heavy atom. The van der Waals surface area contributed by atoms with Crippen molar-refractivity contribution in [1.82, 2.24) is 10.2 Å². The van der Waals surface area contributed by atoms with E-state index in [4.69, 9.17) is 9.47 Å². The van der Waals surface area contributed by atoms with Crippen LogP contribution >= 0.6 is 0 Å². The minimum Gasteiger partial charge on any atom is -0.494 e. The Morgan fingerprint density at radius 3 is 2.47 bits per heavy atom. The molecule has 160 valence electrons. The largest absolute Gasteiger partial charge is 0.494 e. The molecule has 0 radical (unpaired) electrons. The Labute approximate surface area is 176 Å². The molecule has 1 aliphatic rings. The zero-order valence-electron chi connectivity index (χ0n) is 17.3. The SMILES string of the molecule is CCOc1ccc(C(=O)N2CCC(NC(=O)C(C)Oc3cccc(F)c3)CC2)cc1. The third-order valence-corrected chi connectivity index (χ3v) is 5.02. The quantitative estimate of drug-likeness (QED) is 0.754. The van der Waals surface area contributed by atoms with E-state index >= 15 is 0 Å². The molecule has 6 nitrogen and oxygen atoms in total. The van der Waals surface area contributed by atoms with Crippen LogP contribution in [0.1, 0.15) is 37.0 Å². The van der Waals surface area contributed by atoms with Crippen molar-refractivity contribution in [2.45, 2.75) is 38.8 Å². The maximum absolute atomic E-state index is 13.3. The fourth-order valence-corrected chi connectivity index (χ4v) is 3.39. The molecule has 1 saturated heterocycles. The molecule has 0 spiro atoms. The van der Waals surface area contributed by atoms with Gasteiger partial charge in [0.25, 0.3) is 11.8 Å². The van der Waals surface area contributed by atoms with Crippen LogP contribution in [0.15, 0.2) is 48.5 Å². The molecule has 2 aromatic rings. The highest BCUT2D eigenvalue weighted by molar-refractivity contribution is 5.94. The van der Waals surface area contributed by atoms with Crippen molar-refractivity contribution in [3.63, 3.8) is 0 Å². The number of nitrogens with zero attached hydrogens (tertiary/aromatic N) is 1. The Hall–Kier alpha value is -3.09. The number of amides is 2. The summed E-state index contributed by atoms with van der Waals surface area (Å²) in [5, 5.41) is 2.96. The predicted molar refractivity (Wildman–Crippen MR) is 111 cm³/mol. The molecule has 1 N–H and O–H groups in total. The van der Waals surface area contributed by atoms with E-state index in [9.17, 15) is 14.0 Å². The van der Waals surface area contributed by atoms with Crippen molar-refractivity contribution < 1.29 is 23.5 Å². The van der Waals surface area contributed by atoms with E-state index in [-0.39, 0.29) is 17.9 Å². The van der Waals surface area contributed by atoms with E-state index in [1.54, 1.807) is 42.2 Å². The zero-order chi connectivity index (χ0) is 21.5. The summed E-state index contributed by atoms with van der Waals surface area (Å²) in [7, 11) is 0. The summed E-state index contributed by atoms with van der Waals surface area (Å²) in [4.78, 5) is 26.9. The first-order valence-corrected chi connectivity index (χ1v) is 10.2. The van der Waals surface area contributed by atoms with E-state index in [0.717, 1.165) is 5.75 Å². The number of nitrogens with one attached hydrogen (secondary N) is 1. The molecule has 30 heavy (non-hydrogen) atoms. The van der Waals surface area contributed by atoms with Gasteiger partial charge < -0.3 is 19.7 Å². The number of halogens is 1.